The number of ether oxygens (including phenoxy) is 2. The Morgan fingerprint density at radius 2 is 2.12 bits per heavy atom. The summed E-state index contributed by atoms with van der Waals surface area (Å²) in [5, 5.41) is 0. The van der Waals surface area contributed by atoms with Crippen molar-refractivity contribution in [3.05, 3.63) is 17.8 Å². The van der Waals surface area contributed by atoms with Gasteiger partial charge in [-0.3, -0.25) is 4.18 Å². The monoisotopic (exact) mass is 353 g/mol. The van der Waals surface area contributed by atoms with E-state index in [-0.39, 0.29) is 29.5 Å². The molecule has 11 nitrogen and oxygen atoms in total. The molecule has 0 aromatic carbocycles. The maximum absolute atomic E-state index is 11.5. The first-order valence-electron chi connectivity index (χ1n) is 6.57. The Morgan fingerprint density at radius 1 is 1.38 bits per heavy atom. The number of carbonyl (C=O) groups is 3. The van der Waals surface area contributed by atoms with Crippen LogP contribution in [0, 0.1) is 0 Å². The molecule has 0 fully saturated rings. The fourth-order valence-corrected chi connectivity index (χ4v) is 3.49. The van der Waals surface area contributed by atoms with Gasteiger partial charge >= 0.3 is 18.0 Å². The number of nitrogens with zero attached hydrogens (tertiary/aromatic N) is 3. The van der Waals surface area contributed by atoms with Crippen LogP contribution in [0.3, 0.4) is 0 Å². The Kier molecular flexibility index (Phi) is 3.91. The first-order chi connectivity index (χ1) is 11.4. The molecular weight excluding hydrogens is 342 g/mol. The third-order valence-electron chi connectivity index (χ3n) is 2.75. The summed E-state index contributed by atoms with van der Waals surface area (Å²) in [6.07, 6.45) is 2.59. The molecule has 1 aromatic rings. The summed E-state index contributed by atoms with van der Waals surface area (Å²) < 4.78 is 25.9. The van der Waals surface area contributed by atoms with Crippen molar-refractivity contribution < 1.29 is 28.0 Å². The van der Waals surface area contributed by atoms with E-state index >= 15 is 0 Å². The van der Waals surface area contributed by atoms with Crippen molar-refractivity contribution in [3.8, 4) is 11.6 Å². The van der Waals surface area contributed by atoms with Gasteiger partial charge in [0.15, 0.2) is 10.9 Å². The van der Waals surface area contributed by atoms with Gasteiger partial charge < -0.3 is 15.2 Å². The average molecular weight is 353 g/mol. The number of carbonyl (C=O) groups excluding carboxylic acids is 3. The molecule has 12 heteroatoms. The molecule has 0 spiro atoms. The van der Waals surface area contributed by atoms with E-state index in [2.05, 4.69) is 18.5 Å². The van der Waals surface area contributed by atoms with Gasteiger partial charge in [0.2, 0.25) is 5.88 Å². The molecule has 1 unspecified atom stereocenters. The molecule has 2 aliphatic heterocycles. The van der Waals surface area contributed by atoms with Crippen LogP contribution < -0.4 is 19.9 Å². The van der Waals surface area contributed by atoms with Gasteiger partial charge in [-0.2, -0.15) is 8.80 Å². The maximum Gasteiger partial charge on any atom is 0.424 e. The molecule has 1 atom stereocenters. The molecule has 3 rings (SSSR count). The van der Waals surface area contributed by atoms with Gasteiger partial charge in [0.25, 0.3) is 0 Å². The van der Waals surface area contributed by atoms with Gasteiger partial charge in [0.05, 0.1) is 12.8 Å². The maximum atomic E-state index is 11.5. The van der Waals surface area contributed by atoms with Gasteiger partial charge in [-0.25, -0.2) is 24.1 Å². The van der Waals surface area contributed by atoms with Crippen molar-refractivity contribution in [2.45, 2.75) is 6.92 Å². The van der Waals surface area contributed by atoms with Crippen molar-refractivity contribution in [1.82, 2.24) is 9.71 Å². The molecule has 0 aliphatic carbocycles. The zero-order chi connectivity index (χ0) is 17.3. The number of aromatic nitrogens is 1. The lowest BCUT2D eigenvalue weighted by Gasteiger charge is -2.26. The largest absolute Gasteiger partial charge is 0.424 e. The van der Waals surface area contributed by atoms with Crippen LogP contribution in [0.15, 0.2) is 21.1 Å². The second-order valence-corrected chi connectivity index (χ2v) is 6.18. The Bertz CT molecular complexity index is 775. The molecule has 2 aliphatic rings. The van der Waals surface area contributed by atoms with Crippen LogP contribution in [0.1, 0.15) is 12.5 Å². The summed E-state index contributed by atoms with van der Waals surface area (Å²) in [4.78, 5) is 38.1. The molecule has 0 saturated carbocycles. The van der Waals surface area contributed by atoms with E-state index < -0.39 is 28.8 Å². The highest BCUT2D eigenvalue weighted by molar-refractivity contribution is 8.27. The summed E-state index contributed by atoms with van der Waals surface area (Å²) in [5.74, 6) is -2.54. The van der Waals surface area contributed by atoms with Crippen LogP contribution in [-0.2, 0) is 13.8 Å². The smallest absolute Gasteiger partial charge is 0.417 e. The van der Waals surface area contributed by atoms with Crippen LogP contribution in [0.2, 0.25) is 0 Å². The van der Waals surface area contributed by atoms with Crippen LogP contribution in [-0.4, -0.2) is 41.5 Å². The topological polar surface area (TPSA) is 155 Å². The van der Waals surface area contributed by atoms with Crippen LogP contribution in [0.5, 0.6) is 11.6 Å². The van der Waals surface area contributed by atoms with Gasteiger partial charge in [0.1, 0.15) is 17.0 Å². The molecule has 3 N–H and O–H groups in total. The first kappa shape index (κ1) is 15.9. The van der Waals surface area contributed by atoms with E-state index in [9.17, 15) is 14.4 Å². The molecule has 3 heterocycles. The number of rotatable bonds is 4. The first-order valence-corrected chi connectivity index (χ1v) is 8.05. The highest BCUT2D eigenvalue weighted by atomic mass is 32.3. The standard InChI is InChI=1S/C12H11N5O6S/c1-2-21-24(17-12(13)20)15-5-6(16-24)8-7-3-4-14-9(8)23-11(19)10(18)22-7/h3-5H,2H2,1H3,(H3,13,17,20). The second kappa shape index (κ2) is 5.90. The number of fused-ring (bicyclic) bond motifs is 2. The molecule has 2 bridgehead atoms. The average Bonchev–Trinajstić information content (AvgIpc) is 2.87. The third kappa shape index (κ3) is 2.79. The highest BCUT2D eigenvalue weighted by Crippen LogP contribution is 2.51. The van der Waals surface area contributed by atoms with Crippen LogP contribution >= 0.6 is 10.9 Å². The van der Waals surface area contributed by atoms with Gasteiger partial charge in [-0.05, 0) is 6.92 Å². The lowest BCUT2D eigenvalue weighted by Crippen LogP contribution is -2.31. The van der Waals surface area contributed by atoms with Crippen LogP contribution in [0.25, 0.3) is 0 Å². The molecule has 0 radical (unpaired) electrons. The number of primary amides is 1. The zero-order valence-corrected chi connectivity index (χ0v) is 13.0. The van der Waals surface area contributed by atoms with E-state index in [1.165, 1.54) is 18.5 Å². The number of amides is 2. The minimum atomic E-state index is -2.74. The fourth-order valence-electron chi connectivity index (χ4n) is 1.94. The fraction of sp³-hybridized carbons (Fsp3) is 0.167. The van der Waals surface area contributed by atoms with Gasteiger partial charge in [-0.15, -0.1) is 0 Å². The SMILES string of the molecule is CCOS1(NC(N)=O)N=CC(c2c3ccnc2OC(=O)C(=O)O3)=N1. The second-order valence-electron chi connectivity index (χ2n) is 4.35. The summed E-state index contributed by atoms with van der Waals surface area (Å²) in [6.45, 7) is 1.90. The number of nitrogens with two attached hydrogens (primary N) is 1. The van der Waals surface area contributed by atoms with Crippen molar-refractivity contribution in [2.75, 3.05) is 6.61 Å². The van der Waals surface area contributed by atoms with Gasteiger partial charge in [-0.1, -0.05) is 0 Å². The Balaban J connectivity index is 2.07. The van der Waals surface area contributed by atoms with Crippen molar-refractivity contribution in [3.63, 3.8) is 0 Å². The van der Waals surface area contributed by atoms with Gasteiger partial charge in [0, 0.05) is 12.3 Å². The summed E-state index contributed by atoms with van der Waals surface area (Å²) >= 11 is 0. The number of hydrogen-bond donors (Lipinski definition) is 2. The number of esters is 2. The molecular formula is C12H11N5O6S. The lowest BCUT2D eigenvalue weighted by molar-refractivity contribution is -0.155. The lowest BCUT2D eigenvalue weighted by atomic mass is 10.1. The highest BCUT2D eigenvalue weighted by Gasteiger charge is 2.35. The Labute approximate surface area is 136 Å². The third-order valence-corrected chi connectivity index (χ3v) is 4.62. The number of urea groups is 1. The Hall–Kier alpha value is -2.99. The summed E-state index contributed by atoms with van der Waals surface area (Å²) in [7, 11) is -2.74. The quantitative estimate of drug-likeness (QED) is 0.568. The molecule has 24 heavy (non-hydrogen) atoms. The van der Waals surface area contributed by atoms with E-state index in [1.807, 2.05) is 0 Å². The normalized spacial score (nSPS) is 24.3. The predicted molar refractivity (Wildman–Crippen MR) is 82.5 cm³/mol. The van der Waals surface area contributed by atoms with Crippen LogP contribution in [0.4, 0.5) is 4.79 Å². The predicted octanol–water partition coefficient (Wildman–Crippen LogP) is -0.0511. The van der Waals surface area contributed by atoms with Crippen molar-refractivity contribution >= 4 is 40.8 Å². The van der Waals surface area contributed by atoms with E-state index in [0.29, 0.717) is 0 Å². The zero-order valence-electron chi connectivity index (χ0n) is 12.2. The van der Waals surface area contributed by atoms with E-state index in [1.54, 1.807) is 6.92 Å². The Morgan fingerprint density at radius 3 is 2.83 bits per heavy atom. The minimum Gasteiger partial charge on any atom is -0.417 e. The van der Waals surface area contributed by atoms with Crippen molar-refractivity contribution in [2.24, 2.45) is 14.5 Å². The number of pyridine rings is 1. The molecule has 126 valence electrons. The molecule has 1 aromatic heterocycles. The number of hydrogen-bond acceptors (Lipinski definition) is 9. The number of nitrogens with one attached hydrogen (secondary N) is 1. The van der Waals surface area contributed by atoms with E-state index in [4.69, 9.17) is 19.4 Å². The van der Waals surface area contributed by atoms with E-state index in [0.717, 1.165) is 0 Å². The molecule has 0 saturated heterocycles. The summed E-state index contributed by atoms with van der Waals surface area (Å²) in [6, 6.07) is 0.501. The van der Waals surface area contributed by atoms with Crippen molar-refractivity contribution in [1.29, 1.82) is 0 Å². The minimum absolute atomic E-state index is 0.0202. The summed E-state index contributed by atoms with van der Waals surface area (Å²) in [5.41, 5.74) is 5.43. The molecule has 2 amide bonds.